The molecule has 9 heteroatoms. The highest BCUT2D eigenvalue weighted by Crippen LogP contribution is 2.38. The summed E-state index contributed by atoms with van der Waals surface area (Å²) in [6.07, 6.45) is 2.92. The molecule has 2 amide bonds. The number of pyridine rings is 1. The normalized spacial score (nSPS) is 16.1. The summed E-state index contributed by atoms with van der Waals surface area (Å²) in [6, 6.07) is 17.4. The fourth-order valence-corrected chi connectivity index (χ4v) is 6.17. The van der Waals surface area contributed by atoms with E-state index in [0.29, 0.717) is 42.2 Å². The molecule has 1 saturated heterocycles. The molecule has 4 aromatic rings. The van der Waals surface area contributed by atoms with Gasteiger partial charge in [0.2, 0.25) is 5.91 Å². The SMILES string of the molecule is COc1cc(-c2cccc(-c3cccc(Nc4nccc5c4C(=O)N(C)CC5)c3C)c2C)cc(F)c1CN[C@@H]1CNC(=O)C1. The standard InChI is InChI=1S/C35H36FN5O3/c1-20-25(23-15-29(36)28(31(16-23)44-4)19-38-24-17-32(42)39-18-24)7-5-8-26(20)27-9-6-10-30(21(27)2)40-34-33-22(11-13-37-34)12-14-41(3)35(33)43/h5-11,13,15-16,24,38H,12,14,17-19H2,1-4H3,(H,37,40)(H,39,42)/t24-/m0/s1. The van der Waals surface area contributed by atoms with E-state index in [-0.39, 0.29) is 30.2 Å². The van der Waals surface area contributed by atoms with Crippen molar-refractivity contribution in [1.82, 2.24) is 20.5 Å². The van der Waals surface area contributed by atoms with Gasteiger partial charge >= 0.3 is 0 Å². The van der Waals surface area contributed by atoms with E-state index in [4.69, 9.17) is 4.74 Å². The lowest BCUT2D eigenvalue weighted by molar-refractivity contribution is -0.119. The molecule has 44 heavy (non-hydrogen) atoms. The minimum Gasteiger partial charge on any atom is -0.496 e. The van der Waals surface area contributed by atoms with Crippen LogP contribution in [0.5, 0.6) is 5.75 Å². The van der Waals surface area contributed by atoms with E-state index in [9.17, 15) is 9.59 Å². The second-order valence-corrected chi connectivity index (χ2v) is 11.5. The van der Waals surface area contributed by atoms with Crippen molar-refractivity contribution in [1.29, 1.82) is 0 Å². The lowest BCUT2D eigenvalue weighted by Gasteiger charge is -2.26. The molecule has 0 bridgehead atoms. The third-order valence-electron chi connectivity index (χ3n) is 8.76. The molecule has 0 radical (unpaired) electrons. The summed E-state index contributed by atoms with van der Waals surface area (Å²) in [5.74, 6) is 0.605. The van der Waals surface area contributed by atoms with Crippen molar-refractivity contribution in [2.24, 2.45) is 0 Å². The zero-order chi connectivity index (χ0) is 31.0. The number of amides is 2. The number of nitrogens with one attached hydrogen (secondary N) is 3. The van der Waals surface area contributed by atoms with E-state index in [2.05, 4.69) is 33.1 Å². The molecular weight excluding hydrogens is 557 g/mol. The summed E-state index contributed by atoms with van der Waals surface area (Å²) in [5.41, 5.74) is 8.58. The minimum atomic E-state index is -0.366. The third kappa shape index (κ3) is 5.51. The van der Waals surface area contributed by atoms with Crippen LogP contribution in [0.15, 0.2) is 60.8 Å². The van der Waals surface area contributed by atoms with Crippen LogP contribution < -0.4 is 20.7 Å². The van der Waals surface area contributed by atoms with E-state index in [1.165, 1.54) is 7.11 Å². The number of ether oxygens (including phenoxy) is 1. The van der Waals surface area contributed by atoms with Crippen molar-refractivity contribution >= 4 is 23.3 Å². The highest BCUT2D eigenvalue weighted by Gasteiger charge is 2.26. The summed E-state index contributed by atoms with van der Waals surface area (Å²) >= 11 is 0. The molecule has 8 nitrogen and oxygen atoms in total. The number of benzene rings is 3. The maximum atomic E-state index is 15.5. The average Bonchev–Trinajstić information content (AvgIpc) is 3.44. The summed E-state index contributed by atoms with van der Waals surface area (Å²) in [6.45, 7) is 5.56. The predicted molar refractivity (Wildman–Crippen MR) is 170 cm³/mol. The number of carbonyl (C=O) groups excluding carboxylic acids is 2. The Morgan fingerprint density at radius 3 is 2.55 bits per heavy atom. The summed E-state index contributed by atoms with van der Waals surface area (Å²) in [5, 5.41) is 9.49. The number of rotatable bonds is 8. The van der Waals surface area contributed by atoms with Crippen molar-refractivity contribution in [2.75, 3.05) is 32.6 Å². The average molecular weight is 594 g/mol. The van der Waals surface area contributed by atoms with Crippen LogP contribution in [0, 0.1) is 19.7 Å². The number of nitrogens with zero attached hydrogens (tertiary/aromatic N) is 2. The lowest BCUT2D eigenvalue weighted by atomic mass is 9.90. The van der Waals surface area contributed by atoms with Gasteiger partial charge in [-0.3, -0.25) is 9.59 Å². The Bertz CT molecular complexity index is 1770. The molecule has 0 aliphatic carbocycles. The van der Waals surface area contributed by atoms with Gasteiger partial charge in [0, 0.05) is 56.6 Å². The van der Waals surface area contributed by atoms with E-state index < -0.39 is 0 Å². The molecule has 0 saturated carbocycles. The molecule has 2 aliphatic heterocycles. The number of fused-ring (bicyclic) bond motifs is 1. The molecule has 1 atom stereocenters. The first-order valence-electron chi connectivity index (χ1n) is 14.8. The largest absolute Gasteiger partial charge is 0.496 e. The number of carbonyl (C=O) groups is 2. The Hall–Kier alpha value is -4.76. The molecule has 0 spiro atoms. The van der Waals surface area contributed by atoms with Crippen LogP contribution in [0.2, 0.25) is 0 Å². The number of hydrogen-bond acceptors (Lipinski definition) is 6. The van der Waals surface area contributed by atoms with Crippen LogP contribution >= 0.6 is 0 Å². The monoisotopic (exact) mass is 593 g/mol. The van der Waals surface area contributed by atoms with Crippen LogP contribution in [0.1, 0.15) is 39.0 Å². The lowest BCUT2D eigenvalue weighted by Crippen LogP contribution is -2.34. The van der Waals surface area contributed by atoms with Gasteiger partial charge in [-0.15, -0.1) is 0 Å². The highest BCUT2D eigenvalue weighted by atomic mass is 19.1. The highest BCUT2D eigenvalue weighted by molar-refractivity contribution is 6.01. The fraction of sp³-hybridized carbons (Fsp3) is 0.286. The van der Waals surface area contributed by atoms with Gasteiger partial charge < -0.3 is 25.6 Å². The van der Waals surface area contributed by atoms with E-state index in [1.807, 2.05) is 57.3 Å². The molecule has 1 aromatic heterocycles. The first-order valence-corrected chi connectivity index (χ1v) is 14.8. The Kier molecular flexibility index (Phi) is 8.05. The second kappa shape index (κ2) is 12.1. The smallest absolute Gasteiger partial charge is 0.257 e. The van der Waals surface area contributed by atoms with Crippen molar-refractivity contribution in [3.05, 3.63) is 94.4 Å². The first-order chi connectivity index (χ1) is 21.2. The molecule has 0 unspecified atom stereocenters. The quantitative estimate of drug-likeness (QED) is 0.249. The molecule has 3 heterocycles. The van der Waals surface area contributed by atoms with Gasteiger partial charge in [0.15, 0.2) is 0 Å². The zero-order valence-electron chi connectivity index (χ0n) is 25.4. The molecular formula is C35H36FN5O3. The molecule has 2 aliphatic rings. The van der Waals surface area contributed by atoms with Crippen LogP contribution in [0.4, 0.5) is 15.9 Å². The first kappa shape index (κ1) is 29.3. The second-order valence-electron chi connectivity index (χ2n) is 11.5. The molecule has 226 valence electrons. The Morgan fingerprint density at radius 1 is 1.05 bits per heavy atom. The Balaban J connectivity index is 1.31. The van der Waals surface area contributed by atoms with Crippen LogP contribution in [-0.2, 0) is 17.8 Å². The third-order valence-corrected chi connectivity index (χ3v) is 8.76. The van der Waals surface area contributed by atoms with Crippen LogP contribution in [0.3, 0.4) is 0 Å². The van der Waals surface area contributed by atoms with Crippen molar-refractivity contribution < 1.29 is 18.7 Å². The predicted octanol–water partition coefficient (Wildman–Crippen LogP) is 5.53. The minimum absolute atomic E-state index is 0.00391. The molecule has 6 rings (SSSR count). The van der Waals surface area contributed by atoms with Gasteiger partial charge in [-0.2, -0.15) is 0 Å². The zero-order valence-corrected chi connectivity index (χ0v) is 25.4. The van der Waals surface area contributed by atoms with Gasteiger partial charge in [0.25, 0.3) is 5.91 Å². The summed E-state index contributed by atoms with van der Waals surface area (Å²) < 4.78 is 21.2. The van der Waals surface area contributed by atoms with Crippen molar-refractivity contribution in [3.8, 4) is 28.0 Å². The Labute approximate surface area is 256 Å². The Morgan fingerprint density at radius 2 is 1.80 bits per heavy atom. The fourth-order valence-electron chi connectivity index (χ4n) is 6.17. The van der Waals surface area contributed by atoms with E-state index >= 15 is 4.39 Å². The van der Waals surface area contributed by atoms with Gasteiger partial charge in [0.1, 0.15) is 17.4 Å². The van der Waals surface area contributed by atoms with Crippen molar-refractivity contribution in [3.63, 3.8) is 0 Å². The van der Waals surface area contributed by atoms with E-state index in [0.717, 1.165) is 51.1 Å². The van der Waals surface area contributed by atoms with Gasteiger partial charge in [0.05, 0.1) is 12.7 Å². The molecule has 3 aromatic carbocycles. The van der Waals surface area contributed by atoms with Gasteiger partial charge in [-0.1, -0.05) is 30.3 Å². The number of anilines is 2. The van der Waals surface area contributed by atoms with Gasteiger partial charge in [-0.05, 0) is 83.5 Å². The number of likely N-dealkylation sites (N-methyl/N-ethyl adjacent to an activating group) is 1. The number of halogens is 1. The number of hydrogen-bond donors (Lipinski definition) is 3. The van der Waals surface area contributed by atoms with E-state index in [1.54, 1.807) is 17.2 Å². The number of methoxy groups -OCH3 is 1. The molecule has 3 N–H and O–H groups in total. The van der Waals surface area contributed by atoms with Crippen LogP contribution in [-0.4, -0.2) is 55.0 Å². The number of aromatic nitrogens is 1. The topological polar surface area (TPSA) is 95.6 Å². The van der Waals surface area contributed by atoms with Crippen LogP contribution in [0.25, 0.3) is 22.3 Å². The maximum absolute atomic E-state index is 15.5. The maximum Gasteiger partial charge on any atom is 0.257 e. The van der Waals surface area contributed by atoms with Gasteiger partial charge in [-0.25, -0.2) is 9.37 Å². The summed E-state index contributed by atoms with van der Waals surface area (Å²) in [7, 11) is 3.35. The molecule has 1 fully saturated rings. The summed E-state index contributed by atoms with van der Waals surface area (Å²) in [4.78, 5) is 30.8. The van der Waals surface area contributed by atoms with Crippen molar-refractivity contribution in [2.45, 2.75) is 39.3 Å².